The number of hydrogen-bond donors (Lipinski definition) is 2. The van der Waals surface area contributed by atoms with Gasteiger partial charge in [-0.25, -0.2) is 17.8 Å². The van der Waals surface area contributed by atoms with Gasteiger partial charge >= 0.3 is 0 Å². The minimum absolute atomic E-state index is 0.0590. The number of amides is 1. The summed E-state index contributed by atoms with van der Waals surface area (Å²) in [4.78, 5) is 16.4. The van der Waals surface area contributed by atoms with E-state index in [9.17, 15) is 17.6 Å². The quantitative estimate of drug-likeness (QED) is 0.703. The van der Waals surface area contributed by atoms with E-state index in [2.05, 4.69) is 15.0 Å². The first kappa shape index (κ1) is 18.5. The van der Waals surface area contributed by atoms with Crippen LogP contribution < -0.4 is 10.0 Å². The van der Waals surface area contributed by atoms with Gasteiger partial charge in [-0.05, 0) is 67.6 Å². The van der Waals surface area contributed by atoms with Crippen LogP contribution in [0.4, 0.5) is 15.9 Å². The molecule has 0 aliphatic heterocycles. The van der Waals surface area contributed by atoms with Crippen molar-refractivity contribution in [3.8, 4) is 0 Å². The predicted molar refractivity (Wildman–Crippen MR) is 101 cm³/mol. The first-order chi connectivity index (χ1) is 12.8. The van der Waals surface area contributed by atoms with Crippen LogP contribution in [0.25, 0.3) is 0 Å². The molecule has 0 unspecified atom stereocenters. The van der Waals surface area contributed by atoms with Crippen LogP contribution in [0.1, 0.15) is 16.1 Å². The van der Waals surface area contributed by atoms with Crippen LogP contribution in [0.3, 0.4) is 0 Å². The molecule has 0 atom stereocenters. The number of pyridine rings is 1. The molecule has 0 aliphatic carbocycles. The summed E-state index contributed by atoms with van der Waals surface area (Å²) >= 11 is 0. The number of sulfonamides is 1. The molecule has 1 aromatic heterocycles. The lowest BCUT2D eigenvalue weighted by Crippen LogP contribution is -2.14. The molecule has 0 radical (unpaired) electrons. The van der Waals surface area contributed by atoms with Gasteiger partial charge in [0.25, 0.3) is 15.9 Å². The lowest BCUT2D eigenvalue weighted by molar-refractivity contribution is 0.102. The zero-order chi connectivity index (χ0) is 19.4. The second-order valence-electron chi connectivity index (χ2n) is 5.76. The van der Waals surface area contributed by atoms with E-state index in [1.807, 2.05) is 13.0 Å². The zero-order valence-corrected chi connectivity index (χ0v) is 15.1. The third kappa shape index (κ3) is 4.68. The Kier molecular flexibility index (Phi) is 5.18. The van der Waals surface area contributed by atoms with Crippen LogP contribution >= 0.6 is 0 Å². The van der Waals surface area contributed by atoms with E-state index in [1.54, 1.807) is 12.1 Å². The molecule has 0 saturated carbocycles. The summed E-state index contributed by atoms with van der Waals surface area (Å²) in [6, 6.07) is 15.7. The molecule has 3 aromatic rings. The number of halogens is 1. The molecule has 6 nitrogen and oxygen atoms in total. The summed E-state index contributed by atoms with van der Waals surface area (Å²) in [7, 11) is -3.84. The molecule has 27 heavy (non-hydrogen) atoms. The molecule has 8 heteroatoms. The number of anilines is 2. The molecule has 2 aromatic carbocycles. The molecule has 3 rings (SSSR count). The first-order valence-electron chi connectivity index (χ1n) is 7.97. The van der Waals surface area contributed by atoms with Crippen LogP contribution in [-0.2, 0) is 10.0 Å². The molecule has 1 heterocycles. The summed E-state index contributed by atoms with van der Waals surface area (Å²) in [6.07, 6.45) is 0. The number of nitrogens with one attached hydrogen (secondary N) is 2. The van der Waals surface area contributed by atoms with Crippen LogP contribution in [0.5, 0.6) is 0 Å². The molecule has 0 bridgehead atoms. The fraction of sp³-hybridized carbons (Fsp3) is 0.0526. The third-order valence-corrected chi connectivity index (χ3v) is 5.05. The number of carbonyl (C=O) groups excluding carboxylic acids is 1. The number of nitrogens with zero attached hydrogens (tertiary/aromatic N) is 1. The normalized spacial score (nSPS) is 11.0. The Morgan fingerprint density at radius 1 is 0.963 bits per heavy atom. The van der Waals surface area contributed by atoms with Gasteiger partial charge in [-0.3, -0.25) is 9.52 Å². The van der Waals surface area contributed by atoms with E-state index in [0.29, 0.717) is 11.4 Å². The first-order valence-corrected chi connectivity index (χ1v) is 9.45. The van der Waals surface area contributed by atoms with E-state index in [0.717, 1.165) is 17.8 Å². The largest absolute Gasteiger partial charge is 0.307 e. The van der Waals surface area contributed by atoms with E-state index in [4.69, 9.17) is 0 Å². The molecule has 0 spiro atoms. The van der Waals surface area contributed by atoms with Crippen LogP contribution in [0, 0.1) is 12.7 Å². The minimum Gasteiger partial charge on any atom is -0.307 e. The maximum atomic E-state index is 12.9. The van der Waals surface area contributed by atoms with E-state index in [1.165, 1.54) is 36.4 Å². The smallest absolute Gasteiger partial charge is 0.261 e. The third-order valence-electron chi connectivity index (χ3n) is 3.65. The van der Waals surface area contributed by atoms with Crippen molar-refractivity contribution in [3.05, 3.63) is 83.8 Å². The Hall–Kier alpha value is -3.26. The predicted octanol–water partition coefficient (Wildman–Crippen LogP) is 3.58. The van der Waals surface area contributed by atoms with Gasteiger partial charge in [0.05, 0.1) is 4.90 Å². The van der Waals surface area contributed by atoms with Crippen LogP contribution in [0.2, 0.25) is 0 Å². The van der Waals surface area contributed by atoms with Crippen molar-refractivity contribution in [3.63, 3.8) is 0 Å². The lowest BCUT2D eigenvalue weighted by Gasteiger charge is -2.09. The highest BCUT2D eigenvalue weighted by molar-refractivity contribution is 7.92. The van der Waals surface area contributed by atoms with Crippen molar-refractivity contribution in [2.75, 3.05) is 10.0 Å². The van der Waals surface area contributed by atoms with Crippen molar-refractivity contribution in [2.24, 2.45) is 0 Å². The van der Waals surface area contributed by atoms with E-state index in [-0.39, 0.29) is 16.5 Å². The van der Waals surface area contributed by atoms with Gasteiger partial charge in [-0.15, -0.1) is 0 Å². The van der Waals surface area contributed by atoms with E-state index < -0.39 is 15.8 Å². The number of hydrogen-bond acceptors (Lipinski definition) is 4. The molecular weight excluding hydrogens is 369 g/mol. The van der Waals surface area contributed by atoms with Crippen LogP contribution in [-0.4, -0.2) is 19.3 Å². The SMILES string of the molecule is Cc1cccc(NC(=O)c2ccc(NS(=O)(=O)c3ccc(F)cc3)cc2)n1. The molecule has 0 fully saturated rings. The number of rotatable bonds is 5. The highest BCUT2D eigenvalue weighted by atomic mass is 32.2. The second-order valence-corrected chi connectivity index (χ2v) is 7.44. The maximum Gasteiger partial charge on any atom is 0.261 e. The average molecular weight is 385 g/mol. The zero-order valence-electron chi connectivity index (χ0n) is 14.3. The van der Waals surface area contributed by atoms with Gasteiger partial charge in [0, 0.05) is 16.9 Å². The molecular formula is C19H16FN3O3S. The van der Waals surface area contributed by atoms with Crippen molar-refractivity contribution in [2.45, 2.75) is 11.8 Å². The molecule has 0 saturated heterocycles. The van der Waals surface area contributed by atoms with Crippen LogP contribution in [0.15, 0.2) is 71.6 Å². The van der Waals surface area contributed by atoms with Crippen molar-refractivity contribution < 1.29 is 17.6 Å². The van der Waals surface area contributed by atoms with Gasteiger partial charge in [0.1, 0.15) is 11.6 Å². The number of benzene rings is 2. The monoisotopic (exact) mass is 385 g/mol. The Morgan fingerprint density at radius 2 is 1.63 bits per heavy atom. The fourth-order valence-corrected chi connectivity index (χ4v) is 3.38. The fourth-order valence-electron chi connectivity index (χ4n) is 2.32. The number of aromatic nitrogens is 1. The number of carbonyl (C=O) groups is 1. The standard InChI is InChI=1S/C19H16FN3O3S/c1-13-3-2-4-18(21-13)22-19(24)14-5-9-16(10-6-14)23-27(25,26)17-11-7-15(20)8-12-17/h2-12,23H,1H3,(H,21,22,24). The van der Waals surface area contributed by atoms with Gasteiger partial charge in [0.2, 0.25) is 0 Å². The van der Waals surface area contributed by atoms with E-state index >= 15 is 0 Å². The minimum atomic E-state index is -3.84. The summed E-state index contributed by atoms with van der Waals surface area (Å²) in [5, 5.41) is 2.67. The Balaban J connectivity index is 1.71. The lowest BCUT2D eigenvalue weighted by atomic mass is 10.2. The average Bonchev–Trinajstić information content (AvgIpc) is 2.62. The summed E-state index contributed by atoms with van der Waals surface area (Å²) in [5.74, 6) is -0.449. The Morgan fingerprint density at radius 3 is 2.26 bits per heavy atom. The highest BCUT2D eigenvalue weighted by Gasteiger charge is 2.14. The summed E-state index contributed by atoms with van der Waals surface area (Å²) < 4.78 is 39.9. The van der Waals surface area contributed by atoms with Gasteiger partial charge in [0.15, 0.2) is 0 Å². The van der Waals surface area contributed by atoms with Gasteiger partial charge in [-0.2, -0.15) is 0 Å². The molecule has 0 aliphatic rings. The number of aryl methyl sites for hydroxylation is 1. The highest BCUT2D eigenvalue weighted by Crippen LogP contribution is 2.17. The summed E-state index contributed by atoms with van der Waals surface area (Å²) in [5.41, 5.74) is 1.41. The van der Waals surface area contributed by atoms with Gasteiger partial charge in [-0.1, -0.05) is 6.07 Å². The topological polar surface area (TPSA) is 88.2 Å². The van der Waals surface area contributed by atoms with Crippen molar-refractivity contribution in [1.29, 1.82) is 0 Å². The Bertz CT molecular complexity index is 1070. The molecule has 2 N–H and O–H groups in total. The van der Waals surface area contributed by atoms with Crippen molar-refractivity contribution >= 4 is 27.4 Å². The maximum absolute atomic E-state index is 12.9. The molecule has 1 amide bonds. The summed E-state index contributed by atoms with van der Waals surface area (Å²) in [6.45, 7) is 1.82. The van der Waals surface area contributed by atoms with Crippen molar-refractivity contribution in [1.82, 2.24) is 4.98 Å². The second kappa shape index (κ2) is 7.55. The van der Waals surface area contributed by atoms with Gasteiger partial charge < -0.3 is 5.32 Å². The molecule has 138 valence electrons. The Labute approximate surface area is 156 Å².